The van der Waals surface area contributed by atoms with E-state index in [0.717, 1.165) is 23.5 Å². The predicted molar refractivity (Wildman–Crippen MR) is 87.6 cm³/mol. The van der Waals surface area contributed by atoms with Crippen LogP contribution >= 0.6 is 0 Å². The molecule has 5 nitrogen and oxygen atoms in total. The molecular formula is C17H25N5. The number of aromatic nitrogens is 4. The molecule has 0 saturated carbocycles. The van der Waals surface area contributed by atoms with Crippen molar-refractivity contribution in [3.05, 3.63) is 30.4 Å². The smallest absolute Gasteiger partial charge is 0.107 e. The second-order valence-corrected chi connectivity index (χ2v) is 6.62. The SMILES string of the molecule is CC(C)n1nccc1-c1cnc(C[C@H]2CCCN(C)C2)cn1. The first kappa shape index (κ1) is 15.2. The summed E-state index contributed by atoms with van der Waals surface area (Å²) in [5.74, 6) is 0.708. The number of rotatable bonds is 4. The Morgan fingerprint density at radius 3 is 2.82 bits per heavy atom. The molecule has 0 amide bonds. The van der Waals surface area contributed by atoms with Crippen molar-refractivity contribution in [3.8, 4) is 11.4 Å². The summed E-state index contributed by atoms with van der Waals surface area (Å²) in [6.45, 7) is 6.64. The standard InChI is InChI=1S/C17H25N5/c1-13(2)22-17(6-7-20-22)16-11-18-15(10-19-16)9-14-5-4-8-21(3)12-14/h6-7,10-11,13-14H,4-5,8-9,12H2,1-3H3/t14-/m1/s1. The van der Waals surface area contributed by atoms with Gasteiger partial charge in [-0.25, -0.2) is 0 Å². The maximum Gasteiger partial charge on any atom is 0.107 e. The lowest BCUT2D eigenvalue weighted by Crippen LogP contribution is -2.33. The molecular weight excluding hydrogens is 274 g/mol. The normalized spacial score (nSPS) is 19.7. The first-order valence-electron chi connectivity index (χ1n) is 8.17. The molecule has 5 heteroatoms. The van der Waals surface area contributed by atoms with E-state index in [1.807, 2.05) is 29.3 Å². The Balaban J connectivity index is 1.71. The van der Waals surface area contributed by atoms with Gasteiger partial charge in [0.05, 0.1) is 17.6 Å². The monoisotopic (exact) mass is 299 g/mol. The third-order valence-corrected chi connectivity index (χ3v) is 4.35. The number of hydrogen-bond acceptors (Lipinski definition) is 4. The highest BCUT2D eigenvalue weighted by Crippen LogP contribution is 2.21. The minimum Gasteiger partial charge on any atom is -0.306 e. The molecule has 0 unspecified atom stereocenters. The minimum atomic E-state index is 0.323. The highest BCUT2D eigenvalue weighted by Gasteiger charge is 2.18. The Kier molecular flexibility index (Phi) is 4.52. The van der Waals surface area contributed by atoms with Gasteiger partial charge in [-0.1, -0.05) is 0 Å². The Hall–Kier alpha value is -1.75. The van der Waals surface area contributed by atoms with Gasteiger partial charge in [-0.2, -0.15) is 5.10 Å². The summed E-state index contributed by atoms with van der Waals surface area (Å²) in [4.78, 5) is 11.7. The van der Waals surface area contributed by atoms with Gasteiger partial charge in [0.15, 0.2) is 0 Å². The molecule has 1 saturated heterocycles. The average molecular weight is 299 g/mol. The van der Waals surface area contributed by atoms with Crippen molar-refractivity contribution in [2.75, 3.05) is 20.1 Å². The molecule has 0 spiro atoms. The van der Waals surface area contributed by atoms with Crippen LogP contribution in [0, 0.1) is 5.92 Å². The summed E-state index contributed by atoms with van der Waals surface area (Å²) in [5, 5.41) is 4.36. The van der Waals surface area contributed by atoms with Gasteiger partial charge in [-0.05, 0) is 58.7 Å². The summed E-state index contributed by atoms with van der Waals surface area (Å²) < 4.78 is 1.99. The van der Waals surface area contributed by atoms with Crippen molar-refractivity contribution in [2.24, 2.45) is 5.92 Å². The Bertz CT molecular complexity index is 602. The maximum absolute atomic E-state index is 4.63. The second-order valence-electron chi connectivity index (χ2n) is 6.62. The molecule has 0 aliphatic carbocycles. The zero-order valence-electron chi connectivity index (χ0n) is 13.7. The fourth-order valence-corrected chi connectivity index (χ4v) is 3.26. The first-order valence-corrected chi connectivity index (χ1v) is 8.17. The molecule has 0 aromatic carbocycles. The molecule has 3 heterocycles. The molecule has 22 heavy (non-hydrogen) atoms. The van der Waals surface area contributed by atoms with Gasteiger partial charge in [-0.15, -0.1) is 0 Å². The van der Waals surface area contributed by atoms with Crippen LogP contribution in [0.25, 0.3) is 11.4 Å². The highest BCUT2D eigenvalue weighted by atomic mass is 15.3. The third kappa shape index (κ3) is 3.35. The molecule has 1 atom stereocenters. The van der Waals surface area contributed by atoms with E-state index in [4.69, 9.17) is 0 Å². The Morgan fingerprint density at radius 2 is 2.14 bits per heavy atom. The van der Waals surface area contributed by atoms with Gasteiger partial charge < -0.3 is 4.90 Å². The van der Waals surface area contributed by atoms with Crippen LogP contribution in [0.2, 0.25) is 0 Å². The van der Waals surface area contributed by atoms with E-state index in [1.54, 1.807) is 0 Å². The fraction of sp³-hybridized carbons (Fsp3) is 0.588. The van der Waals surface area contributed by atoms with Crippen molar-refractivity contribution in [1.82, 2.24) is 24.6 Å². The molecule has 1 fully saturated rings. The van der Waals surface area contributed by atoms with Crippen LogP contribution < -0.4 is 0 Å². The van der Waals surface area contributed by atoms with Crippen LogP contribution in [0.1, 0.15) is 38.4 Å². The van der Waals surface area contributed by atoms with Crippen LogP contribution in [0.3, 0.4) is 0 Å². The summed E-state index contributed by atoms with van der Waals surface area (Å²) in [7, 11) is 2.20. The molecule has 2 aromatic heterocycles. The third-order valence-electron chi connectivity index (χ3n) is 4.35. The molecule has 118 valence electrons. The largest absolute Gasteiger partial charge is 0.306 e. The summed E-state index contributed by atoms with van der Waals surface area (Å²) >= 11 is 0. The highest BCUT2D eigenvalue weighted by molar-refractivity contribution is 5.52. The van der Waals surface area contributed by atoms with E-state index in [1.165, 1.54) is 25.9 Å². The number of piperidine rings is 1. The Morgan fingerprint density at radius 1 is 1.27 bits per heavy atom. The molecule has 0 bridgehead atoms. The predicted octanol–water partition coefficient (Wildman–Crippen LogP) is 2.81. The van der Waals surface area contributed by atoms with Crippen molar-refractivity contribution in [2.45, 2.75) is 39.2 Å². The van der Waals surface area contributed by atoms with Crippen molar-refractivity contribution >= 4 is 0 Å². The molecule has 1 aliphatic heterocycles. The van der Waals surface area contributed by atoms with Gasteiger partial charge in [0.1, 0.15) is 5.69 Å². The van der Waals surface area contributed by atoms with E-state index >= 15 is 0 Å². The first-order chi connectivity index (χ1) is 10.6. The van der Waals surface area contributed by atoms with Gasteiger partial charge >= 0.3 is 0 Å². The summed E-state index contributed by atoms with van der Waals surface area (Å²) in [5.41, 5.74) is 3.03. The zero-order valence-corrected chi connectivity index (χ0v) is 13.7. The number of nitrogens with zero attached hydrogens (tertiary/aromatic N) is 5. The van der Waals surface area contributed by atoms with E-state index in [9.17, 15) is 0 Å². The van der Waals surface area contributed by atoms with Gasteiger partial charge in [0, 0.05) is 25.0 Å². The lowest BCUT2D eigenvalue weighted by Gasteiger charge is -2.29. The van der Waals surface area contributed by atoms with Gasteiger partial charge in [0.2, 0.25) is 0 Å². The topological polar surface area (TPSA) is 46.8 Å². The van der Waals surface area contributed by atoms with Crippen molar-refractivity contribution in [1.29, 1.82) is 0 Å². The zero-order chi connectivity index (χ0) is 15.5. The van der Waals surface area contributed by atoms with Crippen LogP contribution in [0.4, 0.5) is 0 Å². The van der Waals surface area contributed by atoms with Crippen molar-refractivity contribution < 1.29 is 0 Å². The average Bonchev–Trinajstić information content (AvgIpc) is 2.98. The van der Waals surface area contributed by atoms with E-state index in [0.29, 0.717) is 12.0 Å². The quantitative estimate of drug-likeness (QED) is 0.871. The van der Waals surface area contributed by atoms with E-state index in [2.05, 4.69) is 40.9 Å². The number of hydrogen-bond donors (Lipinski definition) is 0. The van der Waals surface area contributed by atoms with Crippen LogP contribution in [-0.2, 0) is 6.42 Å². The molecule has 1 aliphatic rings. The van der Waals surface area contributed by atoms with Crippen molar-refractivity contribution in [3.63, 3.8) is 0 Å². The summed E-state index contributed by atoms with van der Waals surface area (Å²) in [6.07, 6.45) is 9.26. The van der Waals surface area contributed by atoms with Gasteiger partial charge in [0.25, 0.3) is 0 Å². The number of likely N-dealkylation sites (tertiary alicyclic amines) is 1. The minimum absolute atomic E-state index is 0.323. The molecule has 0 radical (unpaired) electrons. The lowest BCUT2D eigenvalue weighted by atomic mass is 9.94. The second kappa shape index (κ2) is 6.57. The molecule has 3 rings (SSSR count). The van der Waals surface area contributed by atoms with Crippen LogP contribution in [-0.4, -0.2) is 44.8 Å². The van der Waals surface area contributed by atoms with Crippen LogP contribution in [0.5, 0.6) is 0 Å². The van der Waals surface area contributed by atoms with E-state index in [-0.39, 0.29) is 0 Å². The van der Waals surface area contributed by atoms with Gasteiger partial charge in [-0.3, -0.25) is 14.6 Å². The lowest BCUT2D eigenvalue weighted by molar-refractivity contribution is 0.208. The fourth-order valence-electron chi connectivity index (χ4n) is 3.26. The molecule has 0 N–H and O–H groups in total. The summed E-state index contributed by atoms with van der Waals surface area (Å²) in [6, 6.07) is 2.32. The maximum atomic E-state index is 4.63. The molecule has 2 aromatic rings. The Labute approximate surface area is 132 Å². The van der Waals surface area contributed by atoms with E-state index < -0.39 is 0 Å². The van der Waals surface area contributed by atoms with Crippen LogP contribution in [0.15, 0.2) is 24.7 Å².